The first-order valence-electron chi connectivity index (χ1n) is 10.3. The molecule has 0 bridgehead atoms. The number of halogens is 1. The minimum atomic E-state index is 0. The van der Waals surface area contributed by atoms with Gasteiger partial charge in [0.25, 0.3) is 0 Å². The molecule has 3 unspecified atom stereocenters. The number of hydrogen-bond donors (Lipinski definition) is 2. The van der Waals surface area contributed by atoms with Crippen molar-refractivity contribution in [3.63, 3.8) is 0 Å². The van der Waals surface area contributed by atoms with Crippen molar-refractivity contribution in [3.05, 3.63) is 65.7 Å². The summed E-state index contributed by atoms with van der Waals surface area (Å²) < 4.78 is 12.0. The van der Waals surface area contributed by atoms with Crippen molar-refractivity contribution in [1.29, 1.82) is 0 Å². The topological polar surface area (TPSA) is 54.9 Å². The van der Waals surface area contributed by atoms with Gasteiger partial charge in [-0.3, -0.25) is 4.99 Å². The molecule has 2 aliphatic rings. The third-order valence-electron chi connectivity index (χ3n) is 5.38. The Hall–Kier alpha value is -1.80. The van der Waals surface area contributed by atoms with Crippen LogP contribution < -0.4 is 15.4 Å². The fraction of sp³-hybridized carbons (Fsp3) is 0.435. The van der Waals surface area contributed by atoms with Gasteiger partial charge in [0.2, 0.25) is 0 Å². The van der Waals surface area contributed by atoms with Crippen LogP contribution in [0.1, 0.15) is 30.6 Å². The van der Waals surface area contributed by atoms with Crippen LogP contribution in [0, 0.1) is 5.92 Å². The molecule has 0 aliphatic carbocycles. The lowest BCUT2D eigenvalue weighted by Gasteiger charge is -2.19. The van der Waals surface area contributed by atoms with Crippen molar-refractivity contribution in [2.24, 2.45) is 10.9 Å². The summed E-state index contributed by atoms with van der Waals surface area (Å²) in [6.07, 6.45) is 2.27. The summed E-state index contributed by atoms with van der Waals surface area (Å²) in [7, 11) is 0. The Morgan fingerprint density at radius 1 is 1.07 bits per heavy atom. The number of benzene rings is 2. The molecular formula is C23H30IN3O2. The van der Waals surface area contributed by atoms with Crippen LogP contribution in [0.2, 0.25) is 0 Å². The maximum absolute atomic E-state index is 6.02. The minimum Gasteiger partial charge on any atom is -0.488 e. The largest absolute Gasteiger partial charge is 0.488 e. The highest BCUT2D eigenvalue weighted by molar-refractivity contribution is 14.0. The number of rotatable bonds is 6. The van der Waals surface area contributed by atoms with Gasteiger partial charge in [0.15, 0.2) is 5.96 Å². The minimum absolute atomic E-state index is 0. The van der Waals surface area contributed by atoms with E-state index in [0.29, 0.717) is 5.92 Å². The molecule has 6 heteroatoms. The maximum Gasteiger partial charge on any atom is 0.191 e. The summed E-state index contributed by atoms with van der Waals surface area (Å²) in [4.78, 5) is 4.84. The van der Waals surface area contributed by atoms with E-state index in [1.54, 1.807) is 0 Å². The average Bonchev–Trinajstić information content (AvgIpc) is 3.37. The molecule has 2 aromatic carbocycles. The Morgan fingerprint density at radius 2 is 1.86 bits per heavy atom. The summed E-state index contributed by atoms with van der Waals surface area (Å²) in [5, 5.41) is 6.80. The zero-order chi connectivity index (χ0) is 19.2. The summed E-state index contributed by atoms with van der Waals surface area (Å²) >= 11 is 0. The van der Waals surface area contributed by atoms with E-state index in [0.717, 1.165) is 50.8 Å². The molecule has 1 fully saturated rings. The number of hydrogen-bond acceptors (Lipinski definition) is 3. The lowest BCUT2D eigenvalue weighted by Crippen LogP contribution is -2.42. The summed E-state index contributed by atoms with van der Waals surface area (Å²) in [6, 6.07) is 18.7. The van der Waals surface area contributed by atoms with Crippen molar-refractivity contribution < 1.29 is 9.47 Å². The third-order valence-corrected chi connectivity index (χ3v) is 5.38. The van der Waals surface area contributed by atoms with E-state index in [4.69, 9.17) is 14.5 Å². The van der Waals surface area contributed by atoms with E-state index in [2.05, 4.69) is 54.0 Å². The molecule has 156 valence electrons. The third kappa shape index (κ3) is 5.63. The number of fused-ring (bicyclic) bond motifs is 1. The fourth-order valence-electron chi connectivity index (χ4n) is 3.96. The highest BCUT2D eigenvalue weighted by Gasteiger charge is 2.29. The monoisotopic (exact) mass is 507 g/mol. The highest BCUT2D eigenvalue weighted by Crippen LogP contribution is 2.34. The molecule has 2 N–H and O–H groups in total. The second-order valence-electron chi connectivity index (χ2n) is 7.40. The number of nitrogens with zero attached hydrogens (tertiary/aromatic N) is 1. The van der Waals surface area contributed by atoms with Crippen LogP contribution in [0.4, 0.5) is 0 Å². The number of guanidine groups is 1. The first kappa shape index (κ1) is 21.9. The van der Waals surface area contributed by atoms with Crippen LogP contribution in [0.15, 0.2) is 59.6 Å². The van der Waals surface area contributed by atoms with Gasteiger partial charge in [-0.1, -0.05) is 48.5 Å². The Balaban J connectivity index is 0.00000240. The van der Waals surface area contributed by atoms with Gasteiger partial charge in [-0.2, -0.15) is 0 Å². The first-order valence-corrected chi connectivity index (χ1v) is 10.3. The van der Waals surface area contributed by atoms with E-state index in [1.165, 1.54) is 11.1 Å². The van der Waals surface area contributed by atoms with Gasteiger partial charge < -0.3 is 20.1 Å². The van der Waals surface area contributed by atoms with Gasteiger partial charge in [-0.15, -0.1) is 24.0 Å². The number of aliphatic imine (C=N–C) groups is 1. The quantitative estimate of drug-likeness (QED) is 0.354. The molecule has 0 aromatic heterocycles. The molecule has 2 aromatic rings. The van der Waals surface area contributed by atoms with Gasteiger partial charge in [0.1, 0.15) is 11.9 Å². The van der Waals surface area contributed by atoms with Gasteiger partial charge in [0, 0.05) is 32.0 Å². The SMILES string of the molecule is CCNC(=NCC1CCOC1c1ccccc1)NCC1Cc2ccccc2O1.I. The van der Waals surface area contributed by atoms with Crippen molar-refractivity contribution in [1.82, 2.24) is 10.6 Å². The van der Waals surface area contributed by atoms with Crippen molar-refractivity contribution in [2.75, 3.05) is 26.2 Å². The van der Waals surface area contributed by atoms with Crippen molar-refractivity contribution in [2.45, 2.75) is 32.0 Å². The van der Waals surface area contributed by atoms with Crippen LogP contribution in [0.3, 0.4) is 0 Å². The Kier molecular flexibility index (Phi) is 8.18. The number of ether oxygens (including phenoxy) is 2. The predicted octanol–water partition coefficient (Wildman–Crippen LogP) is 3.94. The number of nitrogens with one attached hydrogen (secondary N) is 2. The molecule has 29 heavy (non-hydrogen) atoms. The molecule has 0 amide bonds. The van der Waals surface area contributed by atoms with Gasteiger partial charge in [-0.25, -0.2) is 0 Å². The van der Waals surface area contributed by atoms with Gasteiger partial charge >= 0.3 is 0 Å². The molecule has 5 nitrogen and oxygen atoms in total. The summed E-state index contributed by atoms with van der Waals surface area (Å²) in [6.45, 7) is 5.22. The standard InChI is InChI=1S/C23H29N3O2.HI/c1-2-24-23(26-16-20-14-18-10-6-7-11-21(18)28-20)25-15-19-12-13-27-22(19)17-8-4-3-5-9-17;/h3-11,19-20,22H,2,12-16H2,1H3,(H2,24,25,26);1H. The lowest BCUT2D eigenvalue weighted by atomic mass is 9.95. The molecule has 0 spiro atoms. The van der Waals surface area contributed by atoms with E-state index in [1.807, 2.05) is 18.2 Å². The molecule has 2 heterocycles. The van der Waals surface area contributed by atoms with Crippen LogP contribution >= 0.6 is 24.0 Å². The van der Waals surface area contributed by atoms with Crippen LogP contribution in [-0.4, -0.2) is 38.3 Å². The summed E-state index contributed by atoms with van der Waals surface area (Å²) in [5.74, 6) is 2.26. The van der Waals surface area contributed by atoms with Crippen molar-refractivity contribution in [3.8, 4) is 5.75 Å². The van der Waals surface area contributed by atoms with E-state index < -0.39 is 0 Å². The normalized spacial score (nSPS) is 23.1. The van der Waals surface area contributed by atoms with E-state index in [-0.39, 0.29) is 36.2 Å². The Bertz CT molecular complexity index is 775. The summed E-state index contributed by atoms with van der Waals surface area (Å²) in [5.41, 5.74) is 2.53. The molecule has 0 saturated carbocycles. The molecule has 0 radical (unpaired) electrons. The first-order chi connectivity index (χ1) is 13.8. The lowest BCUT2D eigenvalue weighted by molar-refractivity contribution is 0.0925. The predicted molar refractivity (Wildman–Crippen MR) is 127 cm³/mol. The second-order valence-corrected chi connectivity index (χ2v) is 7.40. The average molecular weight is 507 g/mol. The van der Waals surface area contributed by atoms with E-state index in [9.17, 15) is 0 Å². The molecule has 3 atom stereocenters. The zero-order valence-electron chi connectivity index (χ0n) is 16.8. The van der Waals surface area contributed by atoms with E-state index >= 15 is 0 Å². The second kappa shape index (κ2) is 10.8. The van der Waals surface area contributed by atoms with Crippen LogP contribution in [-0.2, 0) is 11.2 Å². The van der Waals surface area contributed by atoms with Crippen LogP contribution in [0.5, 0.6) is 5.75 Å². The fourth-order valence-corrected chi connectivity index (χ4v) is 3.96. The number of para-hydroxylation sites is 1. The molecular weight excluding hydrogens is 477 g/mol. The van der Waals surface area contributed by atoms with Gasteiger partial charge in [-0.05, 0) is 30.5 Å². The highest BCUT2D eigenvalue weighted by atomic mass is 127. The van der Waals surface area contributed by atoms with Crippen LogP contribution in [0.25, 0.3) is 0 Å². The smallest absolute Gasteiger partial charge is 0.191 e. The van der Waals surface area contributed by atoms with Gasteiger partial charge in [0.05, 0.1) is 12.6 Å². The van der Waals surface area contributed by atoms with Crippen molar-refractivity contribution >= 4 is 29.9 Å². The Labute approximate surface area is 190 Å². The molecule has 2 aliphatic heterocycles. The zero-order valence-corrected chi connectivity index (χ0v) is 19.2. The maximum atomic E-state index is 6.02. The molecule has 1 saturated heterocycles. The Morgan fingerprint density at radius 3 is 2.66 bits per heavy atom. The molecule has 4 rings (SSSR count).